The fraction of sp³-hybridized carbons (Fsp3) is 0.211. The third-order valence-electron chi connectivity index (χ3n) is 4.05. The van der Waals surface area contributed by atoms with Gasteiger partial charge < -0.3 is 5.32 Å². The van der Waals surface area contributed by atoms with E-state index in [1.807, 2.05) is 36.4 Å². The van der Waals surface area contributed by atoms with Crippen molar-refractivity contribution in [2.45, 2.75) is 12.5 Å². The zero-order valence-electron chi connectivity index (χ0n) is 14.8. The SMILES string of the molecule is O=C(CCN1C(=O)C(=CC=Cc2ccccc2)SC1=S)NC1C=CS(=O)(=O)C1. The largest absolute Gasteiger partial charge is 0.349 e. The maximum atomic E-state index is 12.5. The van der Waals surface area contributed by atoms with Crippen molar-refractivity contribution in [3.05, 3.63) is 64.4 Å². The summed E-state index contributed by atoms with van der Waals surface area (Å²) in [7, 11) is -3.22. The number of hydrogen-bond donors (Lipinski definition) is 1. The average Bonchev–Trinajstić information content (AvgIpc) is 3.12. The number of carbonyl (C=O) groups excluding carboxylic acids is 2. The first-order chi connectivity index (χ1) is 13.3. The molecule has 0 aliphatic carbocycles. The Morgan fingerprint density at radius 3 is 2.75 bits per heavy atom. The monoisotopic (exact) mass is 434 g/mol. The van der Waals surface area contributed by atoms with Gasteiger partial charge in [0, 0.05) is 18.4 Å². The van der Waals surface area contributed by atoms with Crippen molar-refractivity contribution in [3.63, 3.8) is 0 Å². The number of thiocarbonyl (C=S) groups is 1. The second kappa shape index (κ2) is 8.85. The highest BCUT2D eigenvalue weighted by atomic mass is 32.2. The first kappa shape index (κ1) is 20.5. The molecule has 2 aliphatic rings. The lowest BCUT2D eigenvalue weighted by atomic mass is 10.2. The van der Waals surface area contributed by atoms with Crippen LogP contribution in [0.4, 0.5) is 0 Å². The van der Waals surface area contributed by atoms with Crippen LogP contribution in [0.3, 0.4) is 0 Å². The van der Waals surface area contributed by atoms with Crippen molar-refractivity contribution in [1.29, 1.82) is 0 Å². The van der Waals surface area contributed by atoms with Crippen LogP contribution in [0.15, 0.2) is 58.9 Å². The fourth-order valence-corrected chi connectivity index (χ4v) is 5.17. The van der Waals surface area contributed by atoms with Gasteiger partial charge in [-0.05, 0) is 17.7 Å². The number of allylic oxidation sites excluding steroid dienone is 2. The fourth-order valence-electron chi connectivity index (χ4n) is 2.68. The molecule has 6 nitrogen and oxygen atoms in total. The molecule has 2 heterocycles. The van der Waals surface area contributed by atoms with E-state index < -0.39 is 15.9 Å². The summed E-state index contributed by atoms with van der Waals surface area (Å²) < 4.78 is 23.1. The Kier molecular flexibility index (Phi) is 6.48. The lowest BCUT2D eigenvalue weighted by molar-refractivity contribution is -0.124. The van der Waals surface area contributed by atoms with E-state index in [1.54, 1.807) is 12.2 Å². The molecule has 1 fully saturated rings. The van der Waals surface area contributed by atoms with Crippen molar-refractivity contribution in [2.24, 2.45) is 0 Å². The van der Waals surface area contributed by atoms with Crippen LogP contribution in [0.2, 0.25) is 0 Å². The molecule has 0 aromatic heterocycles. The quantitative estimate of drug-likeness (QED) is 0.546. The minimum atomic E-state index is -3.22. The smallest absolute Gasteiger partial charge is 0.266 e. The van der Waals surface area contributed by atoms with Crippen LogP contribution in [0, 0.1) is 0 Å². The van der Waals surface area contributed by atoms with Crippen LogP contribution < -0.4 is 5.32 Å². The van der Waals surface area contributed by atoms with Crippen LogP contribution in [0.25, 0.3) is 6.08 Å². The predicted molar refractivity (Wildman–Crippen MR) is 115 cm³/mol. The van der Waals surface area contributed by atoms with Crippen LogP contribution in [-0.4, -0.2) is 47.8 Å². The lowest BCUT2D eigenvalue weighted by Gasteiger charge is -2.15. The summed E-state index contributed by atoms with van der Waals surface area (Å²) in [6, 6.07) is 9.19. The van der Waals surface area contributed by atoms with Gasteiger partial charge in [-0.15, -0.1) is 0 Å². The minimum Gasteiger partial charge on any atom is -0.349 e. The van der Waals surface area contributed by atoms with Gasteiger partial charge in [-0.2, -0.15) is 0 Å². The molecule has 0 radical (unpaired) electrons. The molecular weight excluding hydrogens is 416 g/mol. The summed E-state index contributed by atoms with van der Waals surface area (Å²) in [5.41, 5.74) is 1.02. The van der Waals surface area contributed by atoms with Gasteiger partial charge in [-0.25, -0.2) is 8.42 Å². The highest BCUT2D eigenvalue weighted by Gasteiger charge is 2.32. The molecule has 3 rings (SSSR count). The van der Waals surface area contributed by atoms with Gasteiger partial charge >= 0.3 is 0 Å². The number of amides is 2. The normalized spacial score (nSPS) is 22.5. The highest BCUT2D eigenvalue weighted by molar-refractivity contribution is 8.26. The molecule has 0 bridgehead atoms. The van der Waals surface area contributed by atoms with Gasteiger partial charge in [-0.3, -0.25) is 14.5 Å². The van der Waals surface area contributed by atoms with Crippen molar-refractivity contribution in [2.75, 3.05) is 12.3 Å². The Morgan fingerprint density at radius 1 is 1.32 bits per heavy atom. The summed E-state index contributed by atoms with van der Waals surface area (Å²) in [5.74, 6) is -0.686. The van der Waals surface area contributed by atoms with Crippen LogP contribution in [0.1, 0.15) is 12.0 Å². The molecule has 1 N–H and O–H groups in total. The first-order valence-electron chi connectivity index (χ1n) is 8.51. The van der Waals surface area contributed by atoms with E-state index in [-0.39, 0.29) is 30.5 Å². The van der Waals surface area contributed by atoms with Gasteiger partial charge in [0.25, 0.3) is 5.91 Å². The molecule has 1 atom stereocenters. The summed E-state index contributed by atoms with van der Waals surface area (Å²) in [5, 5.41) is 3.74. The van der Waals surface area contributed by atoms with Gasteiger partial charge in [-0.1, -0.05) is 66.5 Å². The molecule has 1 aromatic carbocycles. The van der Waals surface area contributed by atoms with Gasteiger partial charge in [0.1, 0.15) is 4.32 Å². The summed E-state index contributed by atoms with van der Waals surface area (Å²) >= 11 is 6.44. The molecule has 0 saturated carbocycles. The standard InChI is InChI=1S/C19H18N2O4S3/c22-17(20-15-10-12-28(24,25)13-15)9-11-21-18(23)16(27-19(21)26)8-4-7-14-5-2-1-3-6-14/h1-8,10,12,15H,9,11,13H2,(H,20,22). The Bertz CT molecular complexity index is 982. The van der Waals surface area contributed by atoms with Crippen molar-refractivity contribution in [3.8, 4) is 0 Å². The number of hydrogen-bond acceptors (Lipinski definition) is 6. The molecule has 28 heavy (non-hydrogen) atoms. The number of benzene rings is 1. The minimum absolute atomic E-state index is 0.0456. The Balaban J connectivity index is 1.52. The topological polar surface area (TPSA) is 83.6 Å². The molecule has 9 heteroatoms. The van der Waals surface area contributed by atoms with E-state index in [4.69, 9.17) is 12.2 Å². The second-order valence-electron chi connectivity index (χ2n) is 6.21. The molecule has 146 valence electrons. The lowest BCUT2D eigenvalue weighted by Crippen LogP contribution is -2.38. The van der Waals surface area contributed by atoms with E-state index in [9.17, 15) is 18.0 Å². The molecule has 2 amide bonds. The van der Waals surface area contributed by atoms with Crippen LogP contribution in [0.5, 0.6) is 0 Å². The Hall–Kier alpha value is -2.23. The van der Waals surface area contributed by atoms with Crippen molar-refractivity contribution in [1.82, 2.24) is 10.2 Å². The average molecular weight is 435 g/mol. The van der Waals surface area contributed by atoms with E-state index in [1.165, 1.54) is 22.7 Å². The van der Waals surface area contributed by atoms with Crippen LogP contribution >= 0.6 is 24.0 Å². The second-order valence-corrected chi connectivity index (χ2v) is 9.81. The van der Waals surface area contributed by atoms with Crippen molar-refractivity contribution < 1.29 is 18.0 Å². The molecule has 2 aliphatic heterocycles. The number of thioether (sulfide) groups is 1. The summed E-state index contributed by atoms with van der Waals surface area (Å²) in [4.78, 5) is 26.4. The number of rotatable bonds is 6. The maximum absolute atomic E-state index is 12.5. The number of nitrogens with zero attached hydrogens (tertiary/aromatic N) is 1. The first-order valence-corrected chi connectivity index (χ1v) is 11.5. The van der Waals surface area contributed by atoms with Gasteiger partial charge in [0.2, 0.25) is 5.91 Å². The third kappa shape index (κ3) is 5.40. The zero-order valence-corrected chi connectivity index (χ0v) is 17.2. The summed E-state index contributed by atoms with van der Waals surface area (Å²) in [6.45, 7) is 0.152. The zero-order chi connectivity index (χ0) is 20.1. The Morgan fingerprint density at radius 2 is 2.07 bits per heavy atom. The maximum Gasteiger partial charge on any atom is 0.266 e. The molecule has 0 spiro atoms. The molecular formula is C19H18N2O4S3. The van der Waals surface area contributed by atoms with Gasteiger partial charge in [0.15, 0.2) is 9.84 Å². The number of carbonyl (C=O) groups is 2. The molecule has 1 unspecified atom stereocenters. The molecule has 1 saturated heterocycles. The van der Waals surface area contributed by atoms with Crippen molar-refractivity contribution >= 4 is 56.0 Å². The van der Waals surface area contributed by atoms with E-state index in [0.717, 1.165) is 11.0 Å². The predicted octanol–water partition coefficient (Wildman–Crippen LogP) is 2.26. The van der Waals surface area contributed by atoms with Crippen LogP contribution in [-0.2, 0) is 19.4 Å². The molecule has 1 aromatic rings. The highest BCUT2D eigenvalue weighted by Crippen LogP contribution is 2.31. The van der Waals surface area contributed by atoms with E-state index >= 15 is 0 Å². The Labute approximate surface area is 173 Å². The van der Waals surface area contributed by atoms with E-state index in [0.29, 0.717) is 9.23 Å². The number of nitrogens with one attached hydrogen (secondary N) is 1. The number of sulfone groups is 1. The van der Waals surface area contributed by atoms with E-state index in [2.05, 4.69) is 5.32 Å². The summed E-state index contributed by atoms with van der Waals surface area (Å²) in [6.07, 6.45) is 6.89. The third-order valence-corrected chi connectivity index (χ3v) is 6.84. The van der Waals surface area contributed by atoms with Gasteiger partial charge in [0.05, 0.1) is 16.7 Å².